The van der Waals surface area contributed by atoms with Crippen LogP contribution in [0.5, 0.6) is 11.5 Å². The molecule has 1 atom stereocenters. The zero-order valence-corrected chi connectivity index (χ0v) is 17.8. The lowest BCUT2D eigenvalue weighted by Gasteiger charge is -2.16. The van der Waals surface area contributed by atoms with Gasteiger partial charge in [-0.3, -0.25) is 9.59 Å². The van der Waals surface area contributed by atoms with Gasteiger partial charge in [-0.1, -0.05) is 18.2 Å². The average molecular weight is 421 g/mol. The Morgan fingerprint density at radius 2 is 1.97 bits per heavy atom. The fourth-order valence-electron chi connectivity index (χ4n) is 4.30. The van der Waals surface area contributed by atoms with Crippen molar-refractivity contribution >= 4 is 22.7 Å². The number of aromatic amines is 1. The van der Waals surface area contributed by atoms with E-state index >= 15 is 0 Å². The number of hydrogen-bond acceptors (Lipinski definition) is 4. The Balaban J connectivity index is 1.64. The van der Waals surface area contributed by atoms with Crippen LogP contribution in [0.4, 0.5) is 0 Å². The van der Waals surface area contributed by atoms with Gasteiger partial charge in [0.05, 0.1) is 25.8 Å². The van der Waals surface area contributed by atoms with Crippen molar-refractivity contribution in [2.24, 2.45) is 11.7 Å². The Labute approximate surface area is 181 Å². The summed E-state index contributed by atoms with van der Waals surface area (Å²) in [5.74, 6) is 0.882. The molecular weight excluding hydrogens is 394 g/mol. The van der Waals surface area contributed by atoms with E-state index in [0.29, 0.717) is 43.9 Å². The van der Waals surface area contributed by atoms with Gasteiger partial charge in [0.2, 0.25) is 11.8 Å². The molecular formula is C24H27N3O4. The van der Waals surface area contributed by atoms with Crippen LogP contribution >= 0.6 is 0 Å². The largest absolute Gasteiger partial charge is 0.497 e. The monoisotopic (exact) mass is 421 g/mol. The van der Waals surface area contributed by atoms with Crippen molar-refractivity contribution in [2.45, 2.75) is 19.3 Å². The Kier molecular flexibility index (Phi) is 5.84. The third kappa shape index (κ3) is 4.08. The van der Waals surface area contributed by atoms with E-state index in [1.54, 1.807) is 19.1 Å². The number of aryl methyl sites for hydroxylation is 1. The molecule has 7 heteroatoms. The number of methoxy groups -OCH3 is 2. The summed E-state index contributed by atoms with van der Waals surface area (Å²) in [5.41, 5.74) is 9.33. The van der Waals surface area contributed by atoms with E-state index in [2.05, 4.69) is 11.1 Å². The number of nitrogens with zero attached hydrogens (tertiary/aromatic N) is 1. The predicted octanol–water partition coefficient (Wildman–Crippen LogP) is 3.12. The maximum atomic E-state index is 12.8. The first-order chi connectivity index (χ1) is 15.0. The molecule has 1 saturated heterocycles. The molecule has 1 unspecified atom stereocenters. The van der Waals surface area contributed by atoms with Crippen molar-refractivity contribution in [1.82, 2.24) is 9.88 Å². The zero-order chi connectivity index (χ0) is 22.0. The second-order valence-corrected chi connectivity index (χ2v) is 7.82. The quantitative estimate of drug-likeness (QED) is 0.612. The lowest BCUT2D eigenvalue weighted by atomic mass is 10.00. The van der Waals surface area contributed by atoms with Gasteiger partial charge in [0.25, 0.3) is 0 Å². The molecule has 0 spiro atoms. The number of likely N-dealkylation sites (tertiary alicyclic amines) is 1. The van der Waals surface area contributed by atoms with E-state index < -0.39 is 0 Å². The number of nitrogens with one attached hydrogen (secondary N) is 1. The minimum absolute atomic E-state index is 0.0432. The number of nitrogens with two attached hydrogens (primary N) is 1. The van der Waals surface area contributed by atoms with Gasteiger partial charge in [-0.25, -0.2) is 0 Å². The molecule has 1 aromatic heterocycles. The van der Waals surface area contributed by atoms with Gasteiger partial charge in [0.15, 0.2) is 0 Å². The van der Waals surface area contributed by atoms with Crippen LogP contribution in [-0.4, -0.2) is 49.0 Å². The van der Waals surface area contributed by atoms with Crippen LogP contribution < -0.4 is 15.2 Å². The molecule has 31 heavy (non-hydrogen) atoms. The molecule has 162 valence electrons. The number of rotatable bonds is 7. The zero-order valence-electron chi connectivity index (χ0n) is 17.8. The van der Waals surface area contributed by atoms with Crippen molar-refractivity contribution in [3.05, 3.63) is 48.0 Å². The number of hydrogen-bond donors (Lipinski definition) is 2. The first-order valence-corrected chi connectivity index (χ1v) is 10.4. The summed E-state index contributed by atoms with van der Waals surface area (Å²) in [4.78, 5) is 29.5. The van der Waals surface area contributed by atoms with Crippen LogP contribution in [-0.2, 0) is 16.0 Å². The smallest absolute Gasteiger partial charge is 0.222 e. The Bertz CT molecular complexity index is 1120. The molecule has 1 aliphatic heterocycles. The number of fused-ring (bicyclic) bond motifs is 1. The first-order valence-electron chi connectivity index (χ1n) is 10.4. The van der Waals surface area contributed by atoms with E-state index in [1.165, 1.54) is 0 Å². The molecule has 4 rings (SSSR count). The van der Waals surface area contributed by atoms with Crippen molar-refractivity contribution in [3.63, 3.8) is 0 Å². The molecule has 0 saturated carbocycles. The SMILES string of the molecule is COc1ccc(-c2[nH]c3ccccc3c2CCC(=O)N2CCC(C(N)=O)C2)c(OC)c1. The summed E-state index contributed by atoms with van der Waals surface area (Å²) in [6, 6.07) is 13.8. The van der Waals surface area contributed by atoms with Crippen LogP contribution in [0.25, 0.3) is 22.2 Å². The van der Waals surface area contributed by atoms with Gasteiger partial charge in [-0.05, 0) is 36.6 Å². The summed E-state index contributed by atoms with van der Waals surface area (Å²) in [6.45, 7) is 1.00. The standard InChI is InChI=1S/C24H27N3O4/c1-30-16-7-8-19(21(13-16)31-2)23-18(17-5-3-4-6-20(17)26-23)9-10-22(28)27-12-11-15(14-27)24(25)29/h3-8,13,15,26H,9-12,14H2,1-2H3,(H2,25,29). The summed E-state index contributed by atoms with van der Waals surface area (Å²) in [6.07, 6.45) is 1.58. The lowest BCUT2D eigenvalue weighted by molar-refractivity contribution is -0.130. The Morgan fingerprint density at radius 1 is 1.16 bits per heavy atom. The summed E-state index contributed by atoms with van der Waals surface area (Å²) < 4.78 is 10.9. The van der Waals surface area contributed by atoms with Gasteiger partial charge >= 0.3 is 0 Å². The molecule has 2 heterocycles. The molecule has 3 N–H and O–H groups in total. The Morgan fingerprint density at radius 3 is 2.68 bits per heavy atom. The van der Waals surface area contributed by atoms with Gasteiger partial charge in [0, 0.05) is 42.0 Å². The van der Waals surface area contributed by atoms with E-state index in [4.69, 9.17) is 15.2 Å². The fraction of sp³-hybridized carbons (Fsp3) is 0.333. The number of aromatic nitrogens is 1. The number of para-hydroxylation sites is 1. The van der Waals surface area contributed by atoms with Crippen LogP contribution in [0.15, 0.2) is 42.5 Å². The van der Waals surface area contributed by atoms with E-state index in [9.17, 15) is 9.59 Å². The lowest BCUT2D eigenvalue weighted by Crippen LogP contribution is -2.31. The normalized spacial score (nSPS) is 15.9. The molecule has 0 radical (unpaired) electrons. The third-order valence-electron chi connectivity index (χ3n) is 6.02. The first kappa shape index (κ1) is 20.8. The third-order valence-corrected chi connectivity index (χ3v) is 6.02. The minimum atomic E-state index is -0.333. The molecule has 2 amide bonds. The second-order valence-electron chi connectivity index (χ2n) is 7.82. The van der Waals surface area contributed by atoms with Crippen LogP contribution in [0.3, 0.4) is 0 Å². The number of carbonyl (C=O) groups is 2. The summed E-state index contributed by atoms with van der Waals surface area (Å²) in [7, 11) is 3.25. The number of amides is 2. The number of carbonyl (C=O) groups excluding carboxylic acids is 2. The van der Waals surface area contributed by atoms with Gasteiger partial charge in [-0.2, -0.15) is 0 Å². The maximum absolute atomic E-state index is 12.8. The van der Waals surface area contributed by atoms with E-state index in [-0.39, 0.29) is 17.7 Å². The number of primary amides is 1. The highest BCUT2D eigenvalue weighted by Gasteiger charge is 2.29. The highest BCUT2D eigenvalue weighted by atomic mass is 16.5. The number of H-pyrrole nitrogens is 1. The van der Waals surface area contributed by atoms with E-state index in [0.717, 1.165) is 27.7 Å². The van der Waals surface area contributed by atoms with Crippen molar-refractivity contribution in [1.29, 1.82) is 0 Å². The molecule has 0 bridgehead atoms. The van der Waals surface area contributed by atoms with Gasteiger partial charge in [-0.15, -0.1) is 0 Å². The molecule has 7 nitrogen and oxygen atoms in total. The Hall–Kier alpha value is -3.48. The van der Waals surface area contributed by atoms with Gasteiger partial charge < -0.3 is 25.1 Å². The highest BCUT2D eigenvalue weighted by Crippen LogP contribution is 2.38. The molecule has 2 aromatic carbocycles. The predicted molar refractivity (Wildman–Crippen MR) is 119 cm³/mol. The van der Waals surface area contributed by atoms with Crippen LogP contribution in [0.2, 0.25) is 0 Å². The van der Waals surface area contributed by atoms with Crippen molar-refractivity contribution in [2.75, 3.05) is 27.3 Å². The summed E-state index contributed by atoms with van der Waals surface area (Å²) in [5, 5.41) is 1.08. The number of benzene rings is 2. The average Bonchev–Trinajstić information content (AvgIpc) is 3.42. The second kappa shape index (κ2) is 8.71. The van der Waals surface area contributed by atoms with Crippen LogP contribution in [0.1, 0.15) is 18.4 Å². The molecule has 1 aliphatic rings. The molecule has 3 aromatic rings. The molecule has 1 fully saturated rings. The van der Waals surface area contributed by atoms with Crippen molar-refractivity contribution < 1.29 is 19.1 Å². The van der Waals surface area contributed by atoms with Gasteiger partial charge in [0.1, 0.15) is 11.5 Å². The topological polar surface area (TPSA) is 97.7 Å². The molecule has 0 aliphatic carbocycles. The minimum Gasteiger partial charge on any atom is -0.497 e. The van der Waals surface area contributed by atoms with E-state index in [1.807, 2.05) is 36.4 Å². The highest BCUT2D eigenvalue weighted by molar-refractivity contribution is 5.92. The fourth-order valence-corrected chi connectivity index (χ4v) is 4.30. The number of ether oxygens (including phenoxy) is 2. The maximum Gasteiger partial charge on any atom is 0.222 e. The van der Waals surface area contributed by atoms with Crippen molar-refractivity contribution in [3.8, 4) is 22.8 Å². The van der Waals surface area contributed by atoms with Crippen LogP contribution in [0, 0.1) is 5.92 Å². The summed E-state index contributed by atoms with van der Waals surface area (Å²) >= 11 is 0.